The Morgan fingerprint density at radius 2 is 2.00 bits per heavy atom. The van der Waals surface area contributed by atoms with E-state index in [0.29, 0.717) is 6.42 Å². The van der Waals surface area contributed by atoms with Gasteiger partial charge < -0.3 is 10.4 Å². The highest BCUT2D eigenvalue weighted by atomic mass is 16.3. The highest BCUT2D eigenvalue weighted by Crippen LogP contribution is 2.21. The fourth-order valence-electron chi connectivity index (χ4n) is 1.98. The zero-order valence-electron chi connectivity index (χ0n) is 12.9. The van der Waals surface area contributed by atoms with Gasteiger partial charge in [0.25, 0.3) is 5.56 Å². The smallest absolute Gasteiger partial charge is 0.331 e. The van der Waals surface area contributed by atoms with Crippen LogP contribution in [0.2, 0.25) is 0 Å². The number of carbonyl (C=O) groups is 1. The number of amides is 1. The second-order valence-corrected chi connectivity index (χ2v) is 6.12. The molecule has 7 nitrogen and oxygen atoms in total. The first-order chi connectivity index (χ1) is 9.66. The van der Waals surface area contributed by atoms with Crippen LogP contribution in [-0.4, -0.2) is 32.8 Å². The van der Waals surface area contributed by atoms with Gasteiger partial charge in [0.2, 0.25) is 5.91 Å². The van der Waals surface area contributed by atoms with E-state index in [4.69, 9.17) is 5.11 Å². The fraction of sp³-hybridized carbons (Fsp3) is 0.643. The topological polar surface area (TPSA) is 93.3 Å². The number of nitrogens with zero attached hydrogens (tertiary/aromatic N) is 2. The fourth-order valence-corrected chi connectivity index (χ4v) is 1.98. The summed E-state index contributed by atoms with van der Waals surface area (Å²) in [6.07, 6.45) is 1.75. The van der Waals surface area contributed by atoms with E-state index in [0.717, 1.165) is 4.57 Å². The minimum absolute atomic E-state index is 0.0258. The number of hydrogen-bond acceptors (Lipinski definition) is 4. The van der Waals surface area contributed by atoms with Crippen LogP contribution in [0.1, 0.15) is 27.2 Å². The van der Waals surface area contributed by atoms with E-state index in [1.807, 2.05) is 20.8 Å². The highest BCUT2D eigenvalue weighted by molar-refractivity contribution is 5.76. The van der Waals surface area contributed by atoms with Crippen LogP contribution in [0, 0.1) is 5.41 Å². The second kappa shape index (κ2) is 6.71. The number of hydrogen-bond donors (Lipinski definition) is 2. The van der Waals surface area contributed by atoms with Crippen molar-refractivity contribution in [2.75, 3.05) is 6.61 Å². The van der Waals surface area contributed by atoms with Crippen molar-refractivity contribution in [2.45, 2.75) is 39.8 Å². The molecule has 7 heteroatoms. The largest absolute Gasteiger partial charge is 0.396 e. The maximum Gasteiger partial charge on any atom is 0.331 e. The lowest BCUT2D eigenvalue weighted by atomic mass is 9.85. The van der Waals surface area contributed by atoms with Gasteiger partial charge in [0.1, 0.15) is 6.54 Å². The number of aromatic nitrogens is 2. The van der Waals surface area contributed by atoms with Crippen molar-refractivity contribution in [1.82, 2.24) is 14.5 Å². The molecular formula is C14H23N3O4. The summed E-state index contributed by atoms with van der Waals surface area (Å²) in [6, 6.07) is 1.04. The van der Waals surface area contributed by atoms with Gasteiger partial charge in [-0.25, -0.2) is 4.79 Å². The third kappa shape index (κ3) is 4.56. The lowest BCUT2D eigenvalue weighted by Crippen LogP contribution is -2.47. The third-order valence-electron chi connectivity index (χ3n) is 3.37. The van der Waals surface area contributed by atoms with Crippen molar-refractivity contribution in [3.63, 3.8) is 0 Å². The lowest BCUT2D eigenvalue weighted by molar-refractivity contribution is -0.123. The normalized spacial score (nSPS) is 13.0. The molecule has 1 atom stereocenters. The molecule has 1 amide bonds. The molecule has 0 saturated carbocycles. The van der Waals surface area contributed by atoms with Gasteiger partial charge >= 0.3 is 5.69 Å². The molecule has 0 fully saturated rings. The molecule has 1 unspecified atom stereocenters. The molecule has 1 heterocycles. The third-order valence-corrected chi connectivity index (χ3v) is 3.37. The Kier molecular flexibility index (Phi) is 5.48. The Bertz CT molecular complexity index is 610. The first kappa shape index (κ1) is 17.2. The van der Waals surface area contributed by atoms with Crippen LogP contribution in [0.15, 0.2) is 21.9 Å². The quantitative estimate of drug-likeness (QED) is 0.763. The van der Waals surface area contributed by atoms with Crippen LogP contribution in [0.4, 0.5) is 0 Å². The average molecular weight is 297 g/mol. The molecule has 0 aromatic carbocycles. The van der Waals surface area contributed by atoms with E-state index in [2.05, 4.69) is 5.32 Å². The minimum Gasteiger partial charge on any atom is -0.396 e. The number of aliphatic hydroxyl groups excluding tert-OH is 1. The SMILES string of the molecule is Cn1c(=O)ccn(CC(=O)NC(CCO)C(C)(C)C)c1=O. The van der Waals surface area contributed by atoms with E-state index in [-0.39, 0.29) is 30.5 Å². The molecule has 0 radical (unpaired) electrons. The highest BCUT2D eigenvalue weighted by Gasteiger charge is 2.25. The van der Waals surface area contributed by atoms with Crippen molar-refractivity contribution in [1.29, 1.82) is 0 Å². The van der Waals surface area contributed by atoms with Crippen molar-refractivity contribution in [3.05, 3.63) is 33.1 Å². The first-order valence-corrected chi connectivity index (χ1v) is 6.83. The summed E-state index contributed by atoms with van der Waals surface area (Å²) in [5, 5.41) is 11.9. The molecule has 0 saturated heterocycles. The summed E-state index contributed by atoms with van der Waals surface area (Å²) < 4.78 is 2.12. The molecule has 1 rings (SSSR count). The number of nitrogens with one attached hydrogen (secondary N) is 1. The summed E-state index contributed by atoms with van der Waals surface area (Å²) in [7, 11) is 1.36. The van der Waals surface area contributed by atoms with Gasteiger partial charge in [0.15, 0.2) is 0 Å². The Morgan fingerprint density at radius 1 is 1.38 bits per heavy atom. The molecule has 0 bridgehead atoms. The molecule has 1 aromatic heterocycles. The number of carbonyl (C=O) groups excluding carboxylic acids is 1. The summed E-state index contributed by atoms with van der Waals surface area (Å²) in [6.45, 7) is 5.71. The van der Waals surface area contributed by atoms with Gasteiger partial charge in [-0.1, -0.05) is 20.8 Å². The summed E-state index contributed by atoms with van der Waals surface area (Å²) in [5.74, 6) is -0.330. The Balaban J connectivity index is 2.85. The minimum atomic E-state index is -0.535. The van der Waals surface area contributed by atoms with E-state index >= 15 is 0 Å². The summed E-state index contributed by atoms with van der Waals surface area (Å²) in [5.41, 5.74) is -1.15. The van der Waals surface area contributed by atoms with E-state index in [9.17, 15) is 14.4 Å². The number of aliphatic hydroxyl groups is 1. The van der Waals surface area contributed by atoms with Crippen LogP contribution >= 0.6 is 0 Å². The van der Waals surface area contributed by atoms with Gasteiger partial charge in [-0.3, -0.25) is 18.7 Å². The van der Waals surface area contributed by atoms with Crippen molar-refractivity contribution >= 4 is 5.91 Å². The molecule has 118 valence electrons. The van der Waals surface area contributed by atoms with Gasteiger partial charge in [-0.15, -0.1) is 0 Å². The predicted octanol–water partition coefficient (Wildman–Crippen LogP) is -0.540. The Hall–Kier alpha value is -1.89. The van der Waals surface area contributed by atoms with Gasteiger partial charge in [0, 0.05) is 32.0 Å². The zero-order chi connectivity index (χ0) is 16.2. The second-order valence-electron chi connectivity index (χ2n) is 6.12. The van der Waals surface area contributed by atoms with Crippen LogP contribution < -0.4 is 16.6 Å². The van der Waals surface area contributed by atoms with Crippen molar-refractivity contribution < 1.29 is 9.90 Å². The maximum absolute atomic E-state index is 12.1. The molecule has 0 aliphatic rings. The lowest BCUT2D eigenvalue weighted by Gasteiger charge is -2.31. The van der Waals surface area contributed by atoms with Gasteiger partial charge in [0.05, 0.1) is 0 Å². The monoisotopic (exact) mass is 297 g/mol. The van der Waals surface area contributed by atoms with Crippen molar-refractivity contribution in [2.24, 2.45) is 12.5 Å². The van der Waals surface area contributed by atoms with Gasteiger partial charge in [-0.2, -0.15) is 0 Å². The molecular weight excluding hydrogens is 274 g/mol. The average Bonchev–Trinajstić information content (AvgIpc) is 2.38. The standard InChI is InChI=1S/C14H23N3O4/c1-14(2,3)10(6-8-18)15-11(19)9-17-7-5-12(20)16(4)13(17)21/h5,7,10,18H,6,8-9H2,1-4H3,(H,15,19). The summed E-state index contributed by atoms with van der Waals surface area (Å²) >= 11 is 0. The molecule has 0 aliphatic carbocycles. The van der Waals surface area contributed by atoms with Crippen molar-refractivity contribution in [3.8, 4) is 0 Å². The zero-order valence-corrected chi connectivity index (χ0v) is 12.9. The Morgan fingerprint density at radius 3 is 2.52 bits per heavy atom. The van der Waals surface area contributed by atoms with Crippen LogP contribution in [0.5, 0.6) is 0 Å². The molecule has 21 heavy (non-hydrogen) atoms. The van der Waals surface area contributed by atoms with Crippen LogP contribution in [-0.2, 0) is 18.4 Å². The predicted molar refractivity (Wildman–Crippen MR) is 79.0 cm³/mol. The molecule has 2 N–H and O–H groups in total. The molecule has 0 aliphatic heterocycles. The van der Waals surface area contributed by atoms with Crippen LogP contribution in [0.3, 0.4) is 0 Å². The van der Waals surface area contributed by atoms with E-state index in [1.54, 1.807) is 0 Å². The Labute approximate surface area is 123 Å². The first-order valence-electron chi connectivity index (χ1n) is 6.83. The van der Waals surface area contributed by atoms with Crippen LogP contribution in [0.25, 0.3) is 0 Å². The van der Waals surface area contributed by atoms with E-state index < -0.39 is 11.2 Å². The maximum atomic E-state index is 12.1. The van der Waals surface area contributed by atoms with E-state index in [1.165, 1.54) is 23.9 Å². The molecule has 1 aromatic rings. The summed E-state index contributed by atoms with van der Waals surface area (Å²) in [4.78, 5) is 35.2. The van der Waals surface area contributed by atoms with Gasteiger partial charge in [-0.05, 0) is 11.8 Å². The molecule has 0 spiro atoms. The number of rotatable bonds is 5.